The zero-order chi connectivity index (χ0) is 19.9. The van der Waals surface area contributed by atoms with Crippen LogP contribution in [0, 0.1) is 0 Å². The summed E-state index contributed by atoms with van der Waals surface area (Å²) in [7, 11) is 4.91. The standard InChI is InChI=1S/C21H23N3O4/c1-24(14-19-22-21(23-28-19)16-7-5-4-6-8-16)20(25)12-10-15-9-11-17(26-2)18(13-15)27-3/h4-9,11,13H,10,12,14H2,1-3H3. The van der Waals surface area contributed by atoms with Gasteiger partial charge in [0.1, 0.15) is 0 Å². The predicted molar refractivity (Wildman–Crippen MR) is 104 cm³/mol. The largest absolute Gasteiger partial charge is 0.493 e. The number of carbonyl (C=O) groups excluding carboxylic acids is 1. The van der Waals surface area contributed by atoms with E-state index in [2.05, 4.69) is 10.1 Å². The molecule has 0 atom stereocenters. The van der Waals surface area contributed by atoms with Crippen molar-refractivity contribution in [2.24, 2.45) is 0 Å². The van der Waals surface area contributed by atoms with E-state index < -0.39 is 0 Å². The van der Waals surface area contributed by atoms with Crippen molar-refractivity contribution in [3.8, 4) is 22.9 Å². The molecule has 0 saturated carbocycles. The number of benzene rings is 2. The second kappa shape index (κ2) is 9.03. The van der Waals surface area contributed by atoms with Crippen LogP contribution >= 0.6 is 0 Å². The second-order valence-electron chi connectivity index (χ2n) is 6.32. The smallest absolute Gasteiger partial charge is 0.246 e. The molecule has 0 aliphatic rings. The normalized spacial score (nSPS) is 10.5. The van der Waals surface area contributed by atoms with Crippen molar-refractivity contribution >= 4 is 5.91 Å². The number of rotatable bonds is 8. The Morgan fingerprint density at radius 1 is 1.07 bits per heavy atom. The Morgan fingerprint density at radius 2 is 1.82 bits per heavy atom. The van der Waals surface area contributed by atoms with E-state index in [9.17, 15) is 4.79 Å². The monoisotopic (exact) mass is 381 g/mol. The van der Waals surface area contributed by atoms with Gasteiger partial charge in [-0.1, -0.05) is 41.6 Å². The molecule has 7 nitrogen and oxygen atoms in total. The van der Waals surface area contributed by atoms with Gasteiger partial charge in [0.05, 0.1) is 20.8 Å². The van der Waals surface area contributed by atoms with Gasteiger partial charge < -0.3 is 18.9 Å². The van der Waals surface area contributed by atoms with Crippen molar-refractivity contribution < 1.29 is 18.8 Å². The molecule has 2 aromatic carbocycles. The zero-order valence-corrected chi connectivity index (χ0v) is 16.2. The topological polar surface area (TPSA) is 77.7 Å². The zero-order valence-electron chi connectivity index (χ0n) is 16.2. The quantitative estimate of drug-likeness (QED) is 0.595. The van der Waals surface area contributed by atoms with Crippen LogP contribution in [0.25, 0.3) is 11.4 Å². The minimum absolute atomic E-state index is 0.00533. The Labute approximate surface area is 163 Å². The van der Waals surface area contributed by atoms with E-state index in [1.807, 2.05) is 48.5 Å². The third kappa shape index (κ3) is 4.68. The van der Waals surface area contributed by atoms with Crippen molar-refractivity contribution in [1.29, 1.82) is 0 Å². The number of carbonyl (C=O) groups is 1. The average molecular weight is 381 g/mol. The molecular weight excluding hydrogens is 358 g/mol. The molecule has 0 radical (unpaired) electrons. The van der Waals surface area contributed by atoms with Crippen LogP contribution in [0.15, 0.2) is 53.1 Å². The summed E-state index contributed by atoms with van der Waals surface area (Å²) in [6.07, 6.45) is 0.967. The fourth-order valence-corrected chi connectivity index (χ4v) is 2.79. The van der Waals surface area contributed by atoms with Crippen molar-refractivity contribution in [3.63, 3.8) is 0 Å². The van der Waals surface area contributed by atoms with E-state index in [1.165, 1.54) is 0 Å². The molecule has 0 fully saturated rings. The van der Waals surface area contributed by atoms with Gasteiger partial charge in [-0.15, -0.1) is 0 Å². The molecule has 7 heteroatoms. The Bertz CT molecular complexity index is 924. The number of hydrogen-bond acceptors (Lipinski definition) is 6. The lowest BCUT2D eigenvalue weighted by Gasteiger charge is -2.15. The van der Waals surface area contributed by atoms with Gasteiger partial charge in [0.25, 0.3) is 0 Å². The first-order valence-electron chi connectivity index (χ1n) is 8.93. The van der Waals surface area contributed by atoms with E-state index in [0.29, 0.717) is 36.1 Å². The summed E-state index contributed by atoms with van der Waals surface area (Å²) in [6.45, 7) is 0.268. The van der Waals surface area contributed by atoms with Gasteiger partial charge in [0, 0.05) is 19.0 Å². The lowest BCUT2D eigenvalue weighted by molar-refractivity contribution is -0.130. The van der Waals surface area contributed by atoms with Gasteiger partial charge in [-0.05, 0) is 24.1 Å². The summed E-state index contributed by atoms with van der Waals surface area (Å²) in [5, 5.41) is 3.98. The molecule has 0 aliphatic carbocycles. The first-order chi connectivity index (χ1) is 13.6. The molecule has 0 saturated heterocycles. The molecule has 1 amide bonds. The SMILES string of the molecule is COc1ccc(CCC(=O)N(C)Cc2nc(-c3ccccc3)no2)cc1OC. The Hall–Kier alpha value is -3.35. The van der Waals surface area contributed by atoms with Gasteiger partial charge in [0.2, 0.25) is 17.6 Å². The molecule has 1 heterocycles. The van der Waals surface area contributed by atoms with Crippen LogP contribution in [0.1, 0.15) is 17.9 Å². The van der Waals surface area contributed by atoms with E-state index in [1.54, 1.807) is 26.2 Å². The third-order valence-corrected chi connectivity index (χ3v) is 4.37. The van der Waals surface area contributed by atoms with Crippen LogP contribution in [0.2, 0.25) is 0 Å². The van der Waals surface area contributed by atoms with Crippen LogP contribution in [0.3, 0.4) is 0 Å². The Kier molecular flexibility index (Phi) is 6.26. The van der Waals surface area contributed by atoms with E-state index in [0.717, 1.165) is 11.1 Å². The van der Waals surface area contributed by atoms with Crippen molar-refractivity contribution in [2.45, 2.75) is 19.4 Å². The highest BCUT2D eigenvalue weighted by molar-refractivity contribution is 5.76. The fourth-order valence-electron chi connectivity index (χ4n) is 2.79. The molecule has 3 aromatic rings. The lowest BCUT2D eigenvalue weighted by atomic mass is 10.1. The van der Waals surface area contributed by atoms with E-state index in [4.69, 9.17) is 14.0 Å². The van der Waals surface area contributed by atoms with E-state index >= 15 is 0 Å². The van der Waals surface area contributed by atoms with Crippen LogP contribution in [-0.4, -0.2) is 42.2 Å². The minimum Gasteiger partial charge on any atom is -0.493 e. The molecular formula is C21H23N3O4. The van der Waals surface area contributed by atoms with Gasteiger partial charge in [-0.25, -0.2) is 0 Å². The Morgan fingerprint density at radius 3 is 2.54 bits per heavy atom. The van der Waals surface area contributed by atoms with Gasteiger partial charge in [-0.3, -0.25) is 4.79 Å². The number of nitrogens with zero attached hydrogens (tertiary/aromatic N) is 3. The van der Waals surface area contributed by atoms with Crippen molar-refractivity contribution in [3.05, 3.63) is 60.0 Å². The Balaban J connectivity index is 1.56. The maximum Gasteiger partial charge on any atom is 0.246 e. The number of amides is 1. The third-order valence-electron chi connectivity index (χ3n) is 4.37. The second-order valence-corrected chi connectivity index (χ2v) is 6.32. The first-order valence-corrected chi connectivity index (χ1v) is 8.93. The molecule has 0 unspecified atom stereocenters. The summed E-state index contributed by atoms with van der Waals surface area (Å²) in [5.74, 6) is 2.23. The number of ether oxygens (including phenoxy) is 2. The molecule has 1 aromatic heterocycles. The van der Waals surface area contributed by atoms with Crippen LogP contribution in [0.5, 0.6) is 11.5 Å². The number of methoxy groups -OCH3 is 2. The molecule has 146 valence electrons. The molecule has 0 spiro atoms. The van der Waals surface area contributed by atoms with Crippen LogP contribution < -0.4 is 9.47 Å². The molecule has 0 bridgehead atoms. The molecule has 0 N–H and O–H groups in total. The highest BCUT2D eigenvalue weighted by atomic mass is 16.5. The van der Waals surface area contributed by atoms with Crippen LogP contribution in [-0.2, 0) is 17.8 Å². The summed E-state index contributed by atoms with van der Waals surface area (Å²) in [5.41, 5.74) is 1.88. The lowest BCUT2D eigenvalue weighted by Crippen LogP contribution is -2.26. The fraction of sp³-hybridized carbons (Fsp3) is 0.286. The van der Waals surface area contributed by atoms with Crippen LogP contribution in [0.4, 0.5) is 0 Å². The summed E-state index contributed by atoms with van der Waals surface area (Å²) >= 11 is 0. The number of hydrogen-bond donors (Lipinski definition) is 0. The van der Waals surface area contributed by atoms with Gasteiger partial charge in [-0.2, -0.15) is 4.98 Å². The summed E-state index contributed by atoms with van der Waals surface area (Å²) < 4.78 is 15.8. The maximum absolute atomic E-state index is 12.5. The highest BCUT2D eigenvalue weighted by Gasteiger charge is 2.15. The van der Waals surface area contributed by atoms with Crippen molar-refractivity contribution in [2.75, 3.05) is 21.3 Å². The first kappa shape index (κ1) is 19.4. The van der Waals surface area contributed by atoms with E-state index in [-0.39, 0.29) is 12.5 Å². The number of aromatic nitrogens is 2. The maximum atomic E-state index is 12.5. The van der Waals surface area contributed by atoms with Gasteiger partial charge >= 0.3 is 0 Å². The minimum atomic E-state index is -0.00533. The summed E-state index contributed by atoms with van der Waals surface area (Å²) in [6, 6.07) is 15.2. The molecule has 28 heavy (non-hydrogen) atoms. The number of aryl methyl sites for hydroxylation is 1. The van der Waals surface area contributed by atoms with Gasteiger partial charge in [0.15, 0.2) is 11.5 Å². The van der Waals surface area contributed by atoms with Crippen molar-refractivity contribution in [1.82, 2.24) is 15.0 Å². The summed E-state index contributed by atoms with van der Waals surface area (Å²) in [4.78, 5) is 18.4. The predicted octanol–water partition coefficient (Wildman–Crippen LogP) is 3.35. The average Bonchev–Trinajstić information content (AvgIpc) is 3.20. The molecule has 0 aliphatic heterocycles. The highest BCUT2D eigenvalue weighted by Crippen LogP contribution is 2.28. The molecule has 3 rings (SSSR count).